The highest BCUT2D eigenvalue weighted by atomic mass is 16.5. The summed E-state index contributed by atoms with van der Waals surface area (Å²) in [5, 5.41) is 0. The van der Waals surface area contributed by atoms with Crippen LogP contribution in [0.3, 0.4) is 0 Å². The number of anilines is 2. The lowest BCUT2D eigenvalue weighted by Gasteiger charge is -2.06. The van der Waals surface area contributed by atoms with E-state index in [9.17, 15) is 0 Å². The molecule has 0 radical (unpaired) electrons. The van der Waals surface area contributed by atoms with Crippen molar-refractivity contribution in [3.05, 3.63) is 6.07 Å². The molecule has 4 N–H and O–H groups in total. The third-order valence-electron chi connectivity index (χ3n) is 1.85. The number of aromatic nitrogens is 2. The molecule has 0 amide bonds. The second-order valence-electron chi connectivity index (χ2n) is 3.30. The Balaban J connectivity index is 2.13. The predicted octanol–water partition coefficient (Wildman–Crippen LogP) is 0.0729. The van der Waals surface area contributed by atoms with Crippen molar-refractivity contribution in [2.45, 2.75) is 6.42 Å². The molecule has 1 heterocycles. The molecule has 0 aliphatic heterocycles. The molecule has 7 nitrogen and oxygen atoms in total. The van der Waals surface area contributed by atoms with Gasteiger partial charge in [0.2, 0.25) is 11.8 Å². The van der Waals surface area contributed by atoms with Gasteiger partial charge in [-0.1, -0.05) is 0 Å². The minimum Gasteiger partial charge on any atom is -0.477 e. The third kappa shape index (κ3) is 5.88. The maximum Gasteiger partial charge on any atom is 0.225 e. The Morgan fingerprint density at radius 1 is 1.12 bits per heavy atom. The number of hydrogen-bond donors (Lipinski definition) is 2. The van der Waals surface area contributed by atoms with Crippen LogP contribution in [0.1, 0.15) is 6.42 Å². The third-order valence-corrected chi connectivity index (χ3v) is 1.85. The first-order chi connectivity index (χ1) is 8.22. The minimum atomic E-state index is 0.108. The average molecular weight is 242 g/mol. The van der Waals surface area contributed by atoms with Crippen LogP contribution in [-0.2, 0) is 9.47 Å². The molecule has 0 bridgehead atoms. The van der Waals surface area contributed by atoms with Crippen molar-refractivity contribution in [1.82, 2.24) is 9.97 Å². The van der Waals surface area contributed by atoms with Crippen molar-refractivity contribution in [2.75, 3.05) is 45.0 Å². The molecule has 0 unspecified atom stereocenters. The number of nitrogens with zero attached hydrogens (tertiary/aromatic N) is 2. The van der Waals surface area contributed by atoms with Crippen LogP contribution in [0.25, 0.3) is 0 Å². The van der Waals surface area contributed by atoms with E-state index in [-0.39, 0.29) is 5.95 Å². The highest BCUT2D eigenvalue weighted by Gasteiger charge is 2.00. The van der Waals surface area contributed by atoms with E-state index < -0.39 is 0 Å². The van der Waals surface area contributed by atoms with Gasteiger partial charge in [-0.25, -0.2) is 0 Å². The molecular weight excluding hydrogens is 224 g/mol. The molecule has 7 heteroatoms. The Morgan fingerprint density at radius 3 is 2.65 bits per heavy atom. The van der Waals surface area contributed by atoms with Gasteiger partial charge in [-0.05, 0) is 0 Å². The molecule has 17 heavy (non-hydrogen) atoms. The summed E-state index contributed by atoms with van der Waals surface area (Å²) in [6.45, 7) is 2.28. The Bertz CT molecular complexity index is 315. The fourth-order valence-electron chi connectivity index (χ4n) is 1.12. The normalized spacial score (nSPS) is 10.4. The minimum absolute atomic E-state index is 0.108. The molecule has 1 aromatic rings. The molecule has 96 valence electrons. The van der Waals surface area contributed by atoms with Crippen LogP contribution in [0, 0.1) is 0 Å². The zero-order valence-electron chi connectivity index (χ0n) is 9.89. The largest absolute Gasteiger partial charge is 0.477 e. The Kier molecular flexibility index (Phi) is 6.05. The van der Waals surface area contributed by atoms with E-state index >= 15 is 0 Å². The first-order valence-corrected chi connectivity index (χ1v) is 5.32. The smallest absolute Gasteiger partial charge is 0.225 e. The standard InChI is InChI=1S/C10H18N4O3/c1-15-5-6-16-3-2-4-17-9-7-8(11)13-10(12)14-9/h7H,2-6H2,1H3,(H4,11,12,13,14). The Morgan fingerprint density at radius 2 is 1.94 bits per heavy atom. The number of methoxy groups -OCH3 is 1. The van der Waals surface area contributed by atoms with E-state index in [0.717, 1.165) is 6.42 Å². The number of hydrogen-bond acceptors (Lipinski definition) is 7. The zero-order valence-corrected chi connectivity index (χ0v) is 9.89. The number of ether oxygens (including phenoxy) is 3. The molecule has 0 saturated carbocycles. The van der Waals surface area contributed by atoms with E-state index in [1.54, 1.807) is 7.11 Å². The van der Waals surface area contributed by atoms with Crippen LogP contribution >= 0.6 is 0 Å². The maximum atomic E-state index is 5.50. The SMILES string of the molecule is COCCOCCCOc1cc(N)nc(N)n1. The highest BCUT2D eigenvalue weighted by Crippen LogP contribution is 2.11. The lowest BCUT2D eigenvalue weighted by molar-refractivity contribution is 0.0642. The van der Waals surface area contributed by atoms with E-state index in [0.29, 0.717) is 38.1 Å². The van der Waals surface area contributed by atoms with E-state index in [2.05, 4.69) is 9.97 Å². The van der Waals surface area contributed by atoms with Crippen molar-refractivity contribution in [3.63, 3.8) is 0 Å². The fraction of sp³-hybridized carbons (Fsp3) is 0.600. The van der Waals surface area contributed by atoms with Crippen LogP contribution in [0.2, 0.25) is 0 Å². The van der Waals surface area contributed by atoms with Gasteiger partial charge in [-0.3, -0.25) is 0 Å². The number of rotatable bonds is 8. The summed E-state index contributed by atoms with van der Waals surface area (Å²) in [4.78, 5) is 7.62. The quantitative estimate of drug-likeness (QED) is 0.621. The molecular formula is C10H18N4O3. The molecule has 1 rings (SSSR count). The first-order valence-electron chi connectivity index (χ1n) is 5.32. The molecule has 0 aliphatic carbocycles. The summed E-state index contributed by atoms with van der Waals surface area (Å²) in [7, 11) is 1.64. The van der Waals surface area contributed by atoms with Crippen molar-refractivity contribution < 1.29 is 14.2 Å². The molecule has 0 saturated heterocycles. The van der Waals surface area contributed by atoms with Gasteiger partial charge in [0, 0.05) is 26.2 Å². The van der Waals surface area contributed by atoms with Gasteiger partial charge in [0.05, 0.1) is 19.8 Å². The van der Waals surface area contributed by atoms with Gasteiger partial charge in [0.25, 0.3) is 0 Å². The maximum absolute atomic E-state index is 5.50. The summed E-state index contributed by atoms with van der Waals surface area (Å²) >= 11 is 0. The van der Waals surface area contributed by atoms with Gasteiger partial charge in [-0.2, -0.15) is 9.97 Å². The second-order valence-corrected chi connectivity index (χ2v) is 3.30. The van der Waals surface area contributed by atoms with Gasteiger partial charge < -0.3 is 25.7 Å². The van der Waals surface area contributed by atoms with Crippen LogP contribution in [0.4, 0.5) is 11.8 Å². The van der Waals surface area contributed by atoms with Crippen molar-refractivity contribution >= 4 is 11.8 Å². The van der Waals surface area contributed by atoms with Crippen LogP contribution in [0.15, 0.2) is 6.07 Å². The molecule has 0 atom stereocenters. The van der Waals surface area contributed by atoms with Crippen LogP contribution in [0.5, 0.6) is 5.88 Å². The van der Waals surface area contributed by atoms with Crippen molar-refractivity contribution in [3.8, 4) is 5.88 Å². The summed E-state index contributed by atoms with van der Waals surface area (Å²) in [5.74, 6) is 0.784. The first kappa shape index (κ1) is 13.5. The van der Waals surface area contributed by atoms with Gasteiger partial charge in [0.1, 0.15) is 5.82 Å². The van der Waals surface area contributed by atoms with Crippen molar-refractivity contribution in [1.29, 1.82) is 0 Å². The topological polar surface area (TPSA) is 106 Å². The monoisotopic (exact) mass is 242 g/mol. The lowest BCUT2D eigenvalue weighted by Crippen LogP contribution is -2.08. The van der Waals surface area contributed by atoms with E-state index in [1.807, 2.05) is 0 Å². The number of nitrogen functional groups attached to an aromatic ring is 2. The molecule has 0 aliphatic rings. The van der Waals surface area contributed by atoms with E-state index in [4.69, 9.17) is 25.7 Å². The zero-order chi connectivity index (χ0) is 12.5. The lowest BCUT2D eigenvalue weighted by atomic mass is 10.5. The van der Waals surface area contributed by atoms with Gasteiger partial charge >= 0.3 is 0 Å². The van der Waals surface area contributed by atoms with Gasteiger partial charge in [0.15, 0.2) is 0 Å². The molecule has 0 aromatic carbocycles. The highest BCUT2D eigenvalue weighted by molar-refractivity contribution is 5.38. The molecule has 0 fully saturated rings. The van der Waals surface area contributed by atoms with Crippen LogP contribution in [-0.4, -0.2) is 43.5 Å². The Hall–Kier alpha value is -1.60. The summed E-state index contributed by atoms with van der Waals surface area (Å²) in [5.41, 5.74) is 10.9. The van der Waals surface area contributed by atoms with Crippen LogP contribution < -0.4 is 16.2 Å². The fourth-order valence-corrected chi connectivity index (χ4v) is 1.12. The summed E-state index contributed by atoms with van der Waals surface area (Å²) in [6.07, 6.45) is 0.757. The summed E-state index contributed by atoms with van der Waals surface area (Å²) in [6, 6.07) is 1.53. The molecule has 1 aromatic heterocycles. The second kappa shape index (κ2) is 7.64. The predicted molar refractivity (Wildman–Crippen MR) is 63.7 cm³/mol. The van der Waals surface area contributed by atoms with Gasteiger partial charge in [-0.15, -0.1) is 0 Å². The average Bonchev–Trinajstić information content (AvgIpc) is 2.26. The van der Waals surface area contributed by atoms with Crippen molar-refractivity contribution in [2.24, 2.45) is 0 Å². The molecule has 0 spiro atoms. The van der Waals surface area contributed by atoms with E-state index in [1.165, 1.54) is 6.07 Å². The summed E-state index contributed by atoms with van der Waals surface area (Å²) < 4.78 is 15.5. The number of nitrogens with two attached hydrogens (primary N) is 2. The Labute approximate surface area is 100 Å².